The van der Waals surface area contributed by atoms with E-state index in [1.165, 1.54) is 11.1 Å². The van der Waals surface area contributed by atoms with E-state index in [1.807, 2.05) is 23.6 Å². The summed E-state index contributed by atoms with van der Waals surface area (Å²) in [6.07, 6.45) is 2.55. The SMILES string of the molecule is COc1ccc2c(n1)n1cnc(C)c1c(=O)n2CCCN1CCN(C(c2ccccc2)c2ccccc2)CC1. The molecule has 1 aliphatic heterocycles. The van der Waals surface area contributed by atoms with Gasteiger partial charge in [0.05, 0.1) is 24.4 Å². The van der Waals surface area contributed by atoms with Crippen LogP contribution in [0.25, 0.3) is 16.7 Å². The van der Waals surface area contributed by atoms with E-state index in [1.54, 1.807) is 17.8 Å². The second kappa shape index (κ2) is 11.0. The summed E-state index contributed by atoms with van der Waals surface area (Å²) in [6, 6.07) is 25.6. The van der Waals surface area contributed by atoms with Gasteiger partial charge < -0.3 is 14.2 Å². The number of hydrogen-bond donors (Lipinski definition) is 0. The minimum absolute atomic E-state index is 0.0251. The molecule has 1 aliphatic rings. The van der Waals surface area contributed by atoms with Gasteiger partial charge in [-0.05, 0) is 37.1 Å². The number of aromatic nitrogens is 4. The van der Waals surface area contributed by atoms with Gasteiger partial charge in [-0.15, -0.1) is 0 Å². The van der Waals surface area contributed by atoms with Gasteiger partial charge in [0.1, 0.15) is 11.8 Å². The van der Waals surface area contributed by atoms with Crippen molar-refractivity contribution in [1.29, 1.82) is 0 Å². The van der Waals surface area contributed by atoms with Crippen molar-refractivity contribution >= 4 is 16.7 Å². The van der Waals surface area contributed by atoms with Crippen LogP contribution in [0.1, 0.15) is 29.3 Å². The van der Waals surface area contributed by atoms with Crippen LogP contribution in [0.3, 0.4) is 0 Å². The van der Waals surface area contributed by atoms with Gasteiger partial charge in [0.2, 0.25) is 5.88 Å². The van der Waals surface area contributed by atoms with Crippen molar-refractivity contribution < 1.29 is 4.74 Å². The number of hydrogen-bond acceptors (Lipinski definition) is 6. The van der Waals surface area contributed by atoms with E-state index < -0.39 is 0 Å². The van der Waals surface area contributed by atoms with Gasteiger partial charge in [0, 0.05) is 38.8 Å². The first kappa shape index (κ1) is 25.3. The van der Waals surface area contributed by atoms with Crippen LogP contribution in [0.5, 0.6) is 5.88 Å². The zero-order chi connectivity index (χ0) is 26.8. The largest absolute Gasteiger partial charge is 0.481 e. The molecule has 8 heteroatoms. The summed E-state index contributed by atoms with van der Waals surface area (Å²) < 4.78 is 8.98. The number of pyridine rings is 1. The number of rotatable bonds is 8. The van der Waals surface area contributed by atoms with Crippen LogP contribution in [0.15, 0.2) is 83.9 Å². The first-order valence-corrected chi connectivity index (χ1v) is 13.6. The van der Waals surface area contributed by atoms with Gasteiger partial charge in [-0.25, -0.2) is 4.98 Å². The Morgan fingerprint density at radius 2 is 1.54 bits per heavy atom. The molecule has 1 saturated heterocycles. The van der Waals surface area contributed by atoms with E-state index in [0.717, 1.165) is 44.7 Å². The lowest BCUT2D eigenvalue weighted by Crippen LogP contribution is -2.48. The first-order chi connectivity index (χ1) is 19.1. The van der Waals surface area contributed by atoms with E-state index in [4.69, 9.17) is 4.74 Å². The van der Waals surface area contributed by atoms with Crippen molar-refractivity contribution in [3.63, 3.8) is 0 Å². The average molecular weight is 523 g/mol. The molecule has 8 nitrogen and oxygen atoms in total. The molecule has 4 heterocycles. The van der Waals surface area contributed by atoms with Gasteiger partial charge in [-0.3, -0.25) is 14.1 Å². The Hall–Kier alpha value is -4.01. The maximum absolute atomic E-state index is 13.5. The Balaban J connectivity index is 1.16. The molecule has 0 saturated carbocycles. The van der Waals surface area contributed by atoms with E-state index in [2.05, 4.69) is 80.4 Å². The maximum atomic E-state index is 13.5. The number of piperazine rings is 1. The van der Waals surface area contributed by atoms with Crippen molar-refractivity contribution in [1.82, 2.24) is 28.7 Å². The maximum Gasteiger partial charge on any atom is 0.277 e. The molecular weight excluding hydrogens is 488 g/mol. The zero-order valence-electron chi connectivity index (χ0n) is 22.5. The molecule has 3 aromatic heterocycles. The Labute approximate surface area is 228 Å². The summed E-state index contributed by atoms with van der Waals surface area (Å²) in [4.78, 5) is 27.6. The van der Waals surface area contributed by atoms with Gasteiger partial charge in [-0.1, -0.05) is 60.7 Å². The molecule has 0 spiro atoms. The van der Waals surface area contributed by atoms with Gasteiger partial charge in [-0.2, -0.15) is 4.98 Å². The highest BCUT2D eigenvalue weighted by Crippen LogP contribution is 2.29. The molecule has 0 aliphatic carbocycles. The van der Waals surface area contributed by atoms with E-state index in [0.29, 0.717) is 29.3 Å². The Kier molecular flexibility index (Phi) is 7.13. The highest BCUT2D eigenvalue weighted by atomic mass is 16.5. The third kappa shape index (κ3) is 4.93. The number of methoxy groups -OCH3 is 1. The fraction of sp³-hybridized carbons (Fsp3) is 0.323. The van der Waals surface area contributed by atoms with E-state index in [-0.39, 0.29) is 11.6 Å². The monoisotopic (exact) mass is 522 g/mol. The van der Waals surface area contributed by atoms with Gasteiger partial charge in [0.15, 0.2) is 5.65 Å². The molecule has 0 amide bonds. The Bertz CT molecular complexity index is 1580. The number of imidazole rings is 1. The molecule has 0 atom stereocenters. The lowest BCUT2D eigenvalue weighted by atomic mass is 9.96. The second-order valence-corrected chi connectivity index (χ2v) is 10.2. The summed E-state index contributed by atoms with van der Waals surface area (Å²) in [7, 11) is 1.60. The van der Waals surface area contributed by atoms with Crippen LogP contribution >= 0.6 is 0 Å². The number of aryl methyl sites for hydroxylation is 2. The summed E-state index contributed by atoms with van der Waals surface area (Å²) in [5.41, 5.74) is 5.41. The van der Waals surface area contributed by atoms with Crippen LogP contribution in [-0.2, 0) is 6.54 Å². The highest BCUT2D eigenvalue weighted by molar-refractivity contribution is 5.76. The zero-order valence-corrected chi connectivity index (χ0v) is 22.5. The molecule has 1 fully saturated rings. The van der Waals surface area contributed by atoms with Gasteiger partial charge in [0.25, 0.3) is 5.56 Å². The molecular formula is C31H34N6O2. The summed E-state index contributed by atoms with van der Waals surface area (Å²) in [5.74, 6) is 0.516. The summed E-state index contributed by atoms with van der Waals surface area (Å²) >= 11 is 0. The topological polar surface area (TPSA) is 67.9 Å². The van der Waals surface area contributed by atoms with E-state index in [9.17, 15) is 4.79 Å². The number of nitrogens with zero attached hydrogens (tertiary/aromatic N) is 6. The number of ether oxygens (including phenoxy) is 1. The third-order valence-corrected chi connectivity index (χ3v) is 7.81. The highest BCUT2D eigenvalue weighted by Gasteiger charge is 2.26. The predicted molar refractivity (Wildman–Crippen MR) is 153 cm³/mol. The normalized spacial score (nSPS) is 14.9. The molecule has 0 radical (unpaired) electrons. The van der Waals surface area contributed by atoms with Crippen molar-refractivity contribution in [3.05, 3.63) is 106 Å². The number of fused-ring (bicyclic) bond motifs is 3. The van der Waals surface area contributed by atoms with Crippen LogP contribution in [0, 0.1) is 6.92 Å². The molecule has 0 N–H and O–H groups in total. The quantitative estimate of drug-likeness (QED) is 0.305. The molecule has 0 bridgehead atoms. The minimum Gasteiger partial charge on any atom is -0.481 e. The summed E-state index contributed by atoms with van der Waals surface area (Å²) in [5, 5.41) is 0. The lowest BCUT2D eigenvalue weighted by Gasteiger charge is -2.40. The first-order valence-electron chi connectivity index (χ1n) is 13.6. The summed E-state index contributed by atoms with van der Waals surface area (Å²) in [6.45, 7) is 7.45. The van der Waals surface area contributed by atoms with Crippen molar-refractivity contribution in [2.45, 2.75) is 25.9 Å². The molecule has 5 aromatic rings. The molecule has 2 aromatic carbocycles. The minimum atomic E-state index is -0.0251. The molecule has 6 rings (SSSR count). The second-order valence-electron chi connectivity index (χ2n) is 10.2. The fourth-order valence-corrected chi connectivity index (χ4v) is 5.82. The Morgan fingerprint density at radius 1 is 0.872 bits per heavy atom. The lowest BCUT2D eigenvalue weighted by molar-refractivity contribution is 0.108. The Morgan fingerprint density at radius 3 is 2.18 bits per heavy atom. The van der Waals surface area contributed by atoms with Crippen LogP contribution in [-0.4, -0.2) is 68.6 Å². The molecule has 0 unspecified atom stereocenters. The van der Waals surface area contributed by atoms with E-state index >= 15 is 0 Å². The third-order valence-electron chi connectivity index (χ3n) is 7.81. The number of benzene rings is 2. The van der Waals surface area contributed by atoms with Crippen LogP contribution < -0.4 is 10.3 Å². The van der Waals surface area contributed by atoms with Crippen LogP contribution in [0.2, 0.25) is 0 Å². The average Bonchev–Trinajstić information content (AvgIpc) is 3.38. The smallest absolute Gasteiger partial charge is 0.277 e. The molecule has 200 valence electrons. The predicted octanol–water partition coefficient (Wildman–Crippen LogP) is 4.16. The van der Waals surface area contributed by atoms with Crippen molar-refractivity contribution in [2.75, 3.05) is 39.8 Å². The molecule has 39 heavy (non-hydrogen) atoms. The standard InChI is InChI=1S/C31H34N6O2/c1-23-28-31(38)36(26-14-15-27(39-2)33-30(26)37(28)22-32-23)17-9-16-34-18-20-35(21-19-34)29(24-10-5-3-6-11-24)25-12-7-4-8-13-25/h3-8,10-15,22,29H,9,16-21H2,1-2H3. The van der Waals surface area contributed by atoms with Crippen molar-refractivity contribution in [2.24, 2.45) is 0 Å². The van der Waals surface area contributed by atoms with Gasteiger partial charge >= 0.3 is 0 Å². The van der Waals surface area contributed by atoms with Crippen molar-refractivity contribution in [3.8, 4) is 5.88 Å². The van der Waals surface area contributed by atoms with Crippen LogP contribution in [0.4, 0.5) is 0 Å². The fourth-order valence-electron chi connectivity index (χ4n) is 5.82.